The Bertz CT molecular complexity index is 760. The molecule has 1 fully saturated rings. The monoisotopic (exact) mass is 403 g/mol. The highest BCUT2D eigenvalue weighted by molar-refractivity contribution is 5.92. The van der Waals surface area contributed by atoms with Crippen molar-refractivity contribution in [3.63, 3.8) is 0 Å². The standard InChI is InChI=1S/C22H29NO6/c1-2-26-22-16(7-4-10-24)17(14-8-9-18-19(11-14)28-13-27-18)12-20(29-22)21(25)23-15-5-3-6-15/h8-9,11-12,15-17,22,24H,2-7,10,13H2,1H3,(H,23,25)/t16-,17+,22+/m0/s1. The molecular weight excluding hydrogens is 374 g/mol. The SMILES string of the molecule is CCO[C@@H]1OC(C(=O)NC2CCC2)=C[C@H](c2ccc3c(c2)OCO3)[C@@H]1CCCO. The summed E-state index contributed by atoms with van der Waals surface area (Å²) in [7, 11) is 0. The van der Waals surface area contributed by atoms with Gasteiger partial charge < -0.3 is 29.4 Å². The van der Waals surface area contributed by atoms with Crippen molar-refractivity contribution in [3.8, 4) is 11.5 Å². The molecule has 7 heteroatoms. The molecule has 2 heterocycles. The molecule has 1 aromatic rings. The maximum Gasteiger partial charge on any atom is 0.286 e. The molecule has 1 aliphatic carbocycles. The number of rotatable bonds is 8. The number of fused-ring (bicyclic) bond motifs is 1. The second kappa shape index (κ2) is 9.05. The maximum absolute atomic E-state index is 12.8. The van der Waals surface area contributed by atoms with E-state index in [1.807, 2.05) is 31.2 Å². The van der Waals surface area contributed by atoms with Crippen LogP contribution in [0, 0.1) is 5.92 Å². The van der Waals surface area contributed by atoms with Gasteiger partial charge >= 0.3 is 0 Å². The van der Waals surface area contributed by atoms with Gasteiger partial charge in [0.05, 0.1) is 0 Å². The molecule has 1 amide bonds. The molecule has 0 saturated heterocycles. The van der Waals surface area contributed by atoms with E-state index in [1.54, 1.807) is 0 Å². The summed E-state index contributed by atoms with van der Waals surface area (Å²) in [6, 6.07) is 6.09. The van der Waals surface area contributed by atoms with Crippen molar-refractivity contribution in [2.24, 2.45) is 5.92 Å². The van der Waals surface area contributed by atoms with Crippen LogP contribution < -0.4 is 14.8 Å². The molecule has 1 aromatic carbocycles. The Hall–Kier alpha value is -2.25. The number of allylic oxidation sites excluding steroid dienone is 1. The van der Waals surface area contributed by atoms with E-state index in [2.05, 4.69) is 5.32 Å². The first kappa shape index (κ1) is 20.0. The second-order valence-electron chi connectivity index (χ2n) is 7.74. The first-order valence-electron chi connectivity index (χ1n) is 10.5. The molecule has 3 aliphatic rings. The molecule has 0 spiro atoms. The average molecular weight is 403 g/mol. The Balaban J connectivity index is 1.64. The number of nitrogens with one attached hydrogen (secondary N) is 1. The van der Waals surface area contributed by atoms with Gasteiger partial charge in [0.1, 0.15) is 0 Å². The largest absolute Gasteiger partial charge is 0.459 e. The van der Waals surface area contributed by atoms with Gasteiger partial charge in [-0.3, -0.25) is 4.79 Å². The summed E-state index contributed by atoms with van der Waals surface area (Å²) in [5.41, 5.74) is 1.01. The molecule has 0 bridgehead atoms. The number of aliphatic hydroxyl groups excluding tert-OH is 1. The van der Waals surface area contributed by atoms with Crippen LogP contribution >= 0.6 is 0 Å². The lowest BCUT2D eigenvalue weighted by atomic mass is 9.80. The van der Waals surface area contributed by atoms with Gasteiger partial charge in [0.2, 0.25) is 13.1 Å². The van der Waals surface area contributed by atoms with E-state index in [9.17, 15) is 9.90 Å². The highest BCUT2D eigenvalue weighted by atomic mass is 16.7. The smallest absolute Gasteiger partial charge is 0.286 e. The van der Waals surface area contributed by atoms with Crippen LogP contribution in [0.1, 0.15) is 50.5 Å². The zero-order valence-electron chi connectivity index (χ0n) is 16.8. The number of aliphatic hydroxyl groups is 1. The van der Waals surface area contributed by atoms with Crippen LogP contribution in [0.5, 0.6) is 11.5 Å². The molecule has 4 rings (SSSR count). The van der Waals surface area contributed by atoms with Crippen molar-refractivity contribution >= 4 is 5.91 Å². The van der Waals surface area contributed by atoms with E-state index in [1.165, 1.54) is 0 Å². The second-order valence-corrected chi connectivity index (χ2v) is 7.74. The van der Waals surface area contributed by atoms with Gasteiger partial charge in [-0.1, -0.05) is 6.07 Å². The van der Waals surface area contributed by atoms with E-state index < -0.39 is 6.29 Å². The van der Waals surface area contributed by atoms with Crippen LogP contribution in [0.2, 0.25) is 0 Å². The van der Waals surface area contributed by atoms with Crippen LogP contribution in [-0.4, -0.2) is 43.4 Å². The predicted octanol–water partition coefficient (Wildman–Crippen LogP) is 2.83. The van der Waals surface area contributed by atoms with Crippen molar-refractivity contribution in [2.75, 3.05) is 20.0 Å². The Labute approximate surface area is 171 Å². The van der Waals surface area contributed by atoms with Gasteiger partial charge in [-0.2, -0.15) is 0 Å². The minimum absolute atomic E-state index is 0.0253. The minimum Gasteiger partial charge on any atom is -0.459 e. The van der Waals surface area contributed by atoms with E-state index in [4.69, 9.17) is 18.9 Å². The summed E-state index contributed by atoms with van der Waals surface area (Å²) in [5.74, 6) is 1.42. The van der Waals surface area contributed by atoms with E-state index in [0.717, 1.165) is 30.6 Å². The highest BCUT2D eigenvalue weighted by Gasteiger charge is 2.38. The topological polar surface area (TPSA) is 86.3 Å². The van der Waals surface area contributed by atoms with Crippen molar-refractivity contribution < 1.29 is 28.8 Å². The van der Waals surface area contributed by atoms with Gasteiger partial charge in [0, 0.05) is 31.1 Å². The summed E-state index contributed by atoms with van der Waals surface area (Å²) in [4.78, 5) is 12.8. The number of benzene rings is 1. The zero-order chi connectivity index (χ0) is 20.2. The number of carbonyl (C=O) groups excluding carboxylic acids is 1. The Morgan fingerprint density at radius 1 is 1.28 bits per heavy atom. The summed E-state index contributed by atoms with van der Waals surface area (Å²) >= 11 is 0. The molecule has 29 heavy (non-hydrogen) atoms. The molecule has 2 aliphatic heterocycles. The number of amides is 1. The molecule has 0 aromatic heterocycles. The van der Waals surface area contributed by atoms with Crippen molar-refractivity contribution in [3.05, 3.63) is 35.6 Å². The highest BCUT2D eigenvalue weighted by Crippen LogP contribution is 2.42. The average Bonchev–Trinajstić information content (AvgIpc) is 3.17. The zero-order valence-corrected chi connectivity index (χ0v) is 16.8. The van der Waals surface area contributed by atoms with Gasteiger partial charge in [-0.25, -0.2) is 0 Å². The van der Waals surface area contributed by atoms with Gasteiger partial charge in [-0.05, 0) is 62.8 Å². The van der Waals surface area contributed by atoms with Crippen molar-refractivity contribution in [1.82, 2.24) is 5.32 Å². The van der Waals surface area contributed by atoms with Crippen LogP contribution in [0.3, 0.4) is 0 Å². The van der Waals surface area contributed by atoms with Gasteiger partial charge in [0.25, 0.3) is 5.91 Å². The fraction of sp³-hybridized carbons (Fsp3) is 0.591. The molecule has 0 unspecified atom stereocenters. The van der Waals surface area contributed by atoms with E-state index in [0.29, 0.717) is 31.0 Å². The number of ether oxygens (including phenoxy) is 4. The fourth-order valence-electron chi connectivity index (χ4n) is 4.07. The number of hydrogen-bond acceptors (Lipinski definition) is 6. The quantitative estimate of drug-likeness (QED) is 0.694. The Morgan fingerprint density at radius 2 is 2.10 bits per heavy atom. The Kier molecular flexibility index (Phi) is 6.25. The molecule has 1 saturated carbocycles. The van der Waals surface area contributed by atoms with Crippen molar-refractivity contribution in [2.45, 2.75) is 57.3 Å². The molecule has 2 N–H and O–H groups in total. The van der Waals surface area contributed by atoms with Gasteiger partial charge in [-0.15, -0.1) is 0 Å². The van der Waals surface area contributed by atoms with Crippen molar-refractivity contribution in [1.29, 1.82) is 0 Å². The lowest BCUT2D eigenvalue weighted by molar-refractivity contribution is -0.167. The first-order chi connectivity index (χ1) is 14.2. The van der Waals surface area contributed by atoms with Crippen LogP contribution in [0.15, 0.2) is 30.0 Å². The molecule has 7 nitrogen and oxygen atoms in total. The number of hydrogen-bond donors (Lipinski definition) is 2. The molecule has 3 atom stereocenters. The third-order valence-corrected chi connectivity index (χ3v) is 5.86. The molecular formula is C22H29NO6. The summed E-state index contributed by atoms with van der Waals surface area (Å²) in [5, 5.41) is 12.4. The summed E-state index contributed by atoms with van der Waals surface area (Å²) < 4.78 is 22.9. The van der Waals surface area contributed by atoms with E-state index in [-0.39, 0.29) is 37.2 Å². The molecule has 158 valence electrons. The van der Waals surface area contributed by atoms with E-state index >= 15 is 0 Å². The normalized spacial score (nSPS) is 25.7. The van der Waals surface area contributed by atoms with Gasteiger partial charge in [0.15, 0.2) is 17.3 Å². The van der Waals surface area contributed by atoms with Crippen LogP contribution in [0.25, 0.3) is 0 Å². The Morgan fingerprint density at radius 3 is 2.83 bits per heavy atom. The fourth-order valence-corrected chi connectivity index (χ4v) is 4.07. The third-order valence-electron chi connectivity index (χ3n) is 5.86. The maximum atomic E-state index is 12.8. The lowest BCUT2D eigenvalue weighted by Crippen LogP contribution is -2.43. The predicted molar refractivity (Wildman–Crippen MR) is 105 cm³/mol. The lowest BCUT2D eigenvalue weighted by Gasteiger charge is -2.37. The van der Waals surface area contributed by atoms with Crippen LogP contribution in [-0.2, 0) is 14.3 Å². The summed E-state index contributed by atoms with van der Waals surface area (Å²) in [6.07, 6.45) is 5.87. The molecule has 0 radical (unpaired) electrons. The first-order valence-corrected chi connectivity index (χ1v) is 10.5. The number of carbonyl (C=O) groups is 1. The van der Waals surface area contributed by atoms with Crippen LogP contribution in [0.4, 0.5) is 0 Å². The third kappa shape index (κ3) is 4.36. The summed E-state index contributed by atoms with van der Waals surface area (Å²) in [6.45, 7) is 2.70. The minimum atomic E-state index is -0.547.